The highest BCUT2D eigenvalue weighted by atomic mass is 32.1. The van der Waals surface area contributed by atoms with Gasteiger partial charge in [-0.2, -0.15) is 5.10 Å². The number of thiazole rings is 1. The molecule has 8 heteroatoms. The van der Waals surface area contributed by atoms with Crippen LogP contribution in [0.15, 0.2) is 24.4 Å². The molecular weight excluding hydrogens is 364 g/mol. The Morgan fingerprint density at radius 2 is 2.30 bits per heavy atom. The van der Waals surface area contributed by atoms with Crippen molar-refractivity contribution in [3.8, 4) is 5.75 Å². The molecule has 0 saturated carbocycles. The van der Waals surface area contributed by atoms with Crippen LogP contribution in [0.3, 0.4) is 0 Å². The Hall–Kier alpha value is -2.45. The zero-order valence-electron chi connectivity index (χ0n) is 15.6. The third-order valence-electron chi connectivity index (χ3n) is 4.84. The lowest BCUT2D eigenvalue weighted by Gasteiger charge is -2.23. The average Bonchev–Trinajstić information content (AvgIpc) is 3.40. The highest BCUT2D eigenvalue weighted by Crippen LogP contribution is 2.37. The van der Waals surface area contributed by atoms with Crippen LogP contribution in [0, 0.1) is 6.92 Å². The molecule has 4 rings (SSSR count). The largest absolute Gasteiger partial charge is 0.494 e. The fourth-order valence-electron chi connectivity index (χ4n) is 3.34. The topological polar surface area (TPSA) is 69.5 Å². The lowest BCUT2D eigenvalue weighted by molar-refractivity contribution is 0.0909. The number of rotatable bonds is 5. The molecule has 0 aliphatic carbocycles. The fraction of sp³-hybridized carbons (Fsp3) is 0.421. The van der Waals surface area contributed by atoms with Gasteiger partial charge in [0.25, 0.3) is 5.91 Å². The number of aromatic nitrogens is 3. The molecule has 1 aromatic carbocycles. The monoisotopic (exact) mass is 386 g/mol. The number of anilines is 1. The van der Waals surface area contributed by atoms with E-state index >= 15 is 0 Å². The van der Waals surface area contributed by atoms with E-state index in [9.17, 15) is 4.79 Å². The van der Waals surface area contributed by atoms with Crippen LogP contribution in [0.1, 0.15) is 28.9 Å². The van der Waals surface area contributed by atoms with Crippen molar-refractivity contribution in [2.24, 2.45) is 7.05 Å². The van der Waals surface area contributed by atoms with Gasteiger partial charge in [-0.25, -0.2) is 4.98 Å². The number of carbonyl (C=O) groups excluding carboxylic acids is 1. The van der Waals surface area contributed by atoms with Gasteiger partial charge in [-0.3, -0.25) is 14.4 Å². The molecule has 1 saturated heterocycles. The first-order valence-corrected chi connectivity index (χ1v) is 9.75. The molecule has 1 atom stereocenters. The molecule has 3 heterocycles. The summed E-state index contributed by atoms with van der Waals surface area (Å²) in [6, 6.07) is 5.65. The summed E-state index contributed by atoms with van der Waals surface area (Å²) < 4.78 is 13.9. The highest BCUT2D eigenvalue weighted by Gasteiger charge is 2.29. The number of carbonyl (C=O) groups is 1. The van der Waals surface area contributed by atoms with Crippen LogP contribution in [0.25, 0.3) is 10.2 Å². The van der Waals surface area contributed by atoms with Crippen LogP contribution in [0.2, 0.25) is 0 Å². The van der Waals surface area contributed by atoms with E-state index in [0.29, 0.717) is 23.1 Å². The van der Waals surface area contributed by atoms with Crippen LogP contribution in [-0.2, 0) is 11.8 Å². The van der Waals surface area contributed by atoms with Gasteiger partial charge in [0, 0.05) is 19.9 Å². The molecule has 0 unspecified atom stereocenters. The van der Waals surface area contributed by atoms with Crippen LogP contribution in [0.4, 0.5) is 5.13 Å². The normalized spacial score (nSPS) is 16.8. The van der Waals surface area contributed by atoms with Gasteiger partial charge in [0.15, 0.2) is 5.13 Å². The fourth-order valence-corrected chi connectivity index (χ4v) is 4.40. The van der Waals surface area contributed by atoms with Crippen LogP contribution in [-0.4, -0.2) is 47.0 Å². The van der Waals surface area contributed by atoms with Gasteiger partial charge in [0.2, 0.25) is 0 Å². The lowest BCUT2D eigenvalue weighted by Crippen LogP contribution is -2.38. The molecule has 142 valence electrons. The summed E-state index contributed by atoms with van der Waals surface area (Å²) in [5, 5.41) is 4.78. The first kappa shape index (κ1) is 17.9. The van der Waals surface area contributed by atoms with Gasteiger partial charge in [0.1, 0.15) is 17.0 Å². The zero-order chi connectivity index (χ0) is 19.0. The summed E-state index contributed by atoms with van der Waals surface area (Å²) in [5.74, 6) is 0.587. The Kier molecular flexibility index (Phi) is 4.84. The second-order valence-electron chi connectivity index (χ2n) is 6.65. The molecule has 27 heavy (non-hydrogen) atoms. The van der Waals surface area contributed by atoms with Gasteiger partial charge >= 0.3 is 0 Å². The number of nitrogens with zero attached hydrogens (tertiary/aromatic N) is 4. The number of amides is 1. The van der Waals surface area contributed by atoms with E-state index in [4.69, 9.17) is 14.5 Å². The van der Waals surface area contributed by atoms with E-state index in [1.165, 1.54) is 11.3 Å². The van der Waals surface area contributed by atoms with Gasteiger partial charge in [-0.15, -0.1) is 0 Å². The number of fused-ring (bicyclic) bond motifs is 1. The van der Waals surface area contributed by atoms with Crippen LogP contribution < -0.4 is 9.64 Å². The minimum atomic E-state index is -0.124. The third kappa shape index (κ3) is 3.30. The van der Waals surface area contributed by atoms with Crippen molar-refractivity contribution < 1.29 is 14.3 Å². The molecule has 1 aliphatic rings. The first-order valence-electron chi connectivity index (χ1n) is 8.94. The standard InChI is InChI=1S/C19H22N4O3S/c1-12-6-7-15(25-3)16-17(12)27-19(21-16)23(11-13-5-4-10-26-13)18(24)14-8-9-20-22(14)2/h6-9,13H,4-5,10-11H2,1-3H3/t13-/m1/s1. The number of aryl methyl sites for hydroxylation is 2. The number of hydrogen-bond donors (Lipinski definition) is 0. The van der Waals surface area contributed by atoms with Crippen molar-refractivity contribution in [2.45, 2.75) is 25.9 Å². The SMILES string of the molecule is COc1ccc(C)c2sc(N(C[C@H]3CCCO3)C(=O)c3ccnn3C)nc12. The Bertz CT molecular complexity index is 975. The minimum Gasteiger partial charge on any atom is -0.494 e. The van der Waals surface area contributed by atoms with Gasteiger partial charge < -0.3 is 9.47 Å². The Balaban J connectivity index is 1.78. The van der Waals surface area contributed by atoms with Crippen molar-refractivity contribution in [2.75, 3.05) is 25.2 Å². The Morgan fingerprint density at radius 1 is 1.44 bits per heavy atom. The summed E-state index contributed by atoms with van der Waals surface area (Å²) in [4.78, 5) is 19.8. The van der Waals surface area contributed by atoms with Crippen molar-refractivity contribution >= 4 is 32.6 Å². The molecule has 0 radical (unpaired) electrons. The molecule has 1 aliphatic heterocycles. The van der Waals surface area contributed by atoms with Gasteiger partial charge in [-0.05, 0) is 37.5 Å². The van der Waals surface area contributed by atoms with E-state index in [0.717, 1.165) is 35.2 Å². The third-order valence-corrected chi connectivity index (χ3v) is 6.05. The molecule has 0 spiro atoms. The predicted molar refractivity (Wildman–Crippen MR) is 105 cm³/mol. The maximum absolute atomic E-state index is 13.3. The maximum Gasteiger partial charge on any atom is 0.278 e. The van der Waals surface area contributed by atoms with Crippen molar-refractivity contribution in [3.05, 3.63) is 35.7 Å². The second-order valence-corrected chi connectivity index (χ2v) is 7.63. The second kappa shape index (κ2) is 7.28. The predicted octanol–water partition coefficient (Wildman–Crippen LogP) is 3.17. The molecule has 1 amide bonds. The summed E-state index contributed by atoms with van der Waals surface area (Å²) in [6.45, 7) is 3.26. The lowest BCUT2D eigenvalue weighted by atomic mass is 10.2. The minimum absolute atomic E-state index is 0.0252. The molecule has 0 bridgehead atoms. The van der Waals surface area contributed by atoms with Gasteiger partial charge in [-0.1, -0.05) is 17.4 Å². The van der Waals surface area contributed by atoms with E-state index in [1.54, 1.807) is 36.0 Å². The van der Waals surface area contributed by atoms with E-state index < -0.39 is 0 Å². The molecule has 2 aromatic heterocycles. The summed E-state index contributed by atoms with van der Waals surface area (Å²) in [5.41, 5.74) is 2.42. The Labute approximate surface area is 161 Å². The van der Waals surface area contributed by atoms with Crippen LogP contribution in [0.5, 0.6) is 5.75 Å². The quantitative estimate of drug-likeness (QED) is 0.674. The molecule has 1 fully saturated rings. The van der Waals surface area contributed by atoms with E-state index in [2.05, 4.69) is 5.10 Å². The van der Waals surface area contributed by atoms with Crippen molar-refractivity contribution in [3.63, 3.8) is 0 Å². The molecule has 7 nitrogen and oxygen atoms in total. The number of benzene rings is 1. The maximum atomic E-state index is 13.3. The van der Waals surface area contributed by atoms with Gasteiger partial charge in [0.05, 0.1) is 24.5 Å². The van der Waals surface area contributed by atoms with Crippen LogP contribution >= 0.6 is 11.3 Å². The summed E-state index contributed by atoms with van der Waals surface area (Å²) in [6.07, 6.45) is 3.62. The molecule has 3 aromatic rings. The molecular formula is C19H22N4O3S. The van der Waals surface area contributed by atoms with E-state index in [-0.39, 0.29) is 12.0 Å². The average molecular weight is 386 g/mol. The zero-order valence-corrected chi connectivity index (χ0v) is 16.5. The molecule has 0 N–H and O–H groups in total. The van der Waals surface area contributed by atoms with E-state index in [1.807, 2.05) is 19.1 Å². The smallest absolute Gasteiger partial charge is 0.278 e. The summed E-state index contributed by atoms with van der Waals surface area (Å²) in [7, 11) is 3.40. The number of methoxy groups -OCH3 is 1. The highest BCUT2D eigenvalue weighted by molar-refractivity contribution is 7.22. The summed E-state index contributed by atoms with van der Waals surface area (Å²) >= 11 is 1.51. The van der Waals surface area contributed by atoms with Crippen molar-refractivity contribution in [1.82, 2.24) is 14.8 Å². The number of ether oxygens (including phenoxy) is 2. The van der Waals surface area contributed by atoms with Crippen molar-refractivity contribution in [1.29, 1.82) is 0 Å². The number of hydrogen-bond acceptors (Lipinski definition) is 6. The first-order chi connectivity index (χ1) is 13.1. The Morgan fingerprint density at radius 3 is 2.96 bits per heavy atom.